The third-order valence-corrected chi connectivity index (χ3v) is 7.70. The first-order valence-electron chi connectivity index (χ1n) is 12.9. The number of carbonyl (C=O) groups is 1. The summed E-state index contributed by atoms with van der Waals surface area (Å²) < 4.78 is 33.6. The van der Waals surface area contributed by atoms with Crippen LogP contribution in [0.25, 0.3) is 17.2 Å². The average molecular weight is 557 g/mol. The topological polar surface area (TPSA) is 101 Å². The van der Waals surface area contributed by atoms with Crippen molar-refractivity contribution in [3.8, 4) is 11.1 Å². The number of pyridine rings is 2. The second-order valence-corrected chi connectivity index (χ2v) is 10.9. The summed E-state index contributed by atoms with van der Waals surface area (Å²) in [5.41, 5.74) is 4.65. The first-order chi connectivity index (χ1) is 19.3. The zero-order valence-corrected chi connectivity index (χ0v) is 23.3. The van der Waals surface area contributed by atoms with Crippen LogP contribution in [0.4, 0.5) is 5.82 Å². The summed E-state index contributed by atoms with van der Waals surface area (Å²) >= 11 is 0. The molecule has 0 saturated carbocycles. The maximum Gasteiger partial charge on any atom is 0.302 e. The zero-order valence-electron chi connectivity index (χ0n) is 22.5. The van der Waals surface area contributed by atoms with Gasteiger partial charge in [-0.1, -0.05) is 66.7 Å². The van der Waals surface area contributed by atoms with Gasteiger partial charge in [-0.05, 0) is 59.5 Å². The maximum absolute atomic E-state index is 13.7. The molecule has 2 aromatic heterocycles. The minimum absolute atomic E-state index is 0.0249. The maximum atomic E-state index is 13.7. The number of benzene rings is 2. The molecule has 0 amide bonds. The number of rotatable bonds is 12. The van der Waals surface area contributed by atoms with Crippen LogP contribution in [0.2, 0.25) is 0 Å². The van der Waals surface area contributed by atoms with E-state index < -0.39 is 10.0 Å². The summed E-state index contributed by atoms with van der Waals surface area (Å²) in [4.78, 5) is 19.7. The highest BCUT2D eigenvalue weighted by Gasteiger charge is 2.26. The van der Waals surface area contributed by atoms with Crippen LogP contribution < -0.4 is 5.32 Å². The monoisotopic (exact) mass is 556 g/mol. The van der Waals surface area contributed by atoms with Crippen molar-refractivity contribution in [3.05, 3.63) is 114 Å². The number of esters is 1. The Kier molecular flexibility index (Phi) is 9.77. The van der Waals surface area contributed by atoms with Crippen LogP contribution in [-0.2, 0) is 32.6 Å². The number of aromatic nitrogens is 2. The van der Waals surface area contributed by atoms with Crippen LogP contribution in [0, 0.1) is 0 Å². The third kappa shape index (κ3) is 7.84. The highest BCUT2D eigenvalue weighted by atomic mass is 32.2. The fraction of sp³-hybridized carbons (Fsp3) is 0.194. The number of hydrogen-bond donors (Lipinski definition) is 1. The van der Waals surface area contributed by atoms with Crippen LogP contribution in [-0.4, -0.2) is 41.8 Å². The van der Waals surface area contributed by atoms with E-state index in [1.54, 1.807) is 30.3 Å². The summed E-state index contributed by atoms with van der Waals surface area (Å²) in [6, 6.07) is 26.3. The third-order valence-electron chi connectivity index (χ3n) is 5.99. The van der Waals surface area contributed by atoms with E-state index in [-0.39, 0.29) is 30.7 Å². The lowest BCUT2D eigenvalue weighted by molar-refractivity contribution is -0.140. The van der Waals surface area contributed by atoms with E-state index in [4.69, 9.17) is 4.74 Å². The molecule has 4 rings (SSSR count). The van der Waals surface area contributed by atoms with Crippen LogP contribution in [0.3, 0.4) is 0 Å². The number of nitrogens with zero attached hydrogens (tertiary/aromatic N) is 3. The predicted octanol–water partition coefficient (Wildman–Crippen LogP) is 5.54. The van der Waals surface area contributed by atoms with Crippen molar-refractivity contribution >= 4 is 27.9 Å². The van der Waals surface area contributed by atoms with Gasteiger partial charge >= 0.3 is 5.97 Å². The van der Waals surface area contributed by atoms with Crippen molar-refractivity contribution in [3.63, 3.8) is 0 Å². The number of sulfonamides is 1. The van der Waals surface area contributed by atoms with E-state index in [1.807, 2.05) is 43.3 Å². The molecule has 0 unspecified atom stereocenters. The molecule has 2 aromatic carbocycles. The molecule has 9 heteroatoms. The molecule has 8 nitrogen and oxygen atoms in total. The minimum Gasteiger partial charge on any atom is -0.464 e. The summed E-state index contributed by atoms with van der Waals surface area (Å²) in [6.45, 7) is 4.12. The lowest BCUT2D eigenvalue weighted by atomic mass is 10.0. The molecular weight excluding hydrogens is 524 g/mol. The van der Waals surface area contributed by atoms with Gasteiger partial charge in [-0.3, -0.25) is 4.79 Å². The van der Waals surface area contributed by atoms with Crippen LogP contribution in [0.15, 0.2) is 102 Å². The highest BCUT2D eigenvalue weighted by Crippen LogP contribution is 2.24. The second-order valence-electron chi connectivity index (χ2n) is 9.04. The van der Waals surface area contributed by atoms with Crippen molar-refractivity contribution in [1.82, 2.24) is 14.3 Å². The molecule has 0 aliphatic heterocycles. The van der Waals surface area contributed by atoms with Crippen LogP contribution in [0.5, 0.6) is 0 Å². The molecule has 0 radical (unpaired) electrons. The van der Waals surface area contributed by atoms with Gasteiger partial charge < -0.3 is 10.1 Å². The highest BCUT2D eigenvalue weighted by molar-refractivity contribution is 7.89. The summed E-state index contributed by atoms with van der Waals surface area (Å²) in [5, 5.41) is 3.07. The Morgan fingerprint density at radius 3 is 2.48 bits per heavy atom. The number of ether oxygens (including phenoxy) is 1. The Bertz CT molecular complexity index is 1560. The minimum atomic E-state index is -3.92. The van der Waals surface area contributed by atoms with Gasteiger partial charge in [0.05, 0.1) is 18.8 Å². The van der Waals surface area contributed by atoms with Gasteiger partial charge in [0.25, 0.3) is 10.0 Å². The van der Waals surface area contributed by atoms with Crippen molar-refractivity contribution in [1.29, 1.82) is 0 Å². The molecule has 0 spiro atoms. The molecule has 0 aliphatic rings. The Morgan fingerprint density at radius 1 is 0.950 bits per heavy atom. The van der Waals surface area contributed by atoms with E-state index >= 15 is 0 Å². The number of carbonyl (C=O) groups excluding carboxylic acids is 1. The Morgan fingerprint density at radius 2 is 1.75 bits per heavy atom. The van der Waals surface area contributed by atoms with E-state index in [1.165, 1.54) is 23.5 Å². The van der Waals surface area contributed by atoms with Gasteiger partial charge in [0.2, 0.25) is 0 Å². The number of anilines is 1. The normalized spacial score (nSPS) is 11.6. The lowest BCUT2D eigenvalue weighted by Gasteiger charge is -2.22. The predicted molar refractivity (Wildman–Crippen MR) is 157 cm³/mol. The molecule has 4 aromatic rings. The fourth-order valence-corrected chi connectivity index (χ4v) is 5.43. The summed E-state index contributed by atoms with van der Waals surface area (Å²) in [6.07, 6.45) is 5.52. The Labute approximate surface area is 235 Å². The molecule has 0 saturated heterocycles. The molecule has 0 bridgehead atoms. The van der Waals surface area contributed by atoms with Gasteiger partial charge in [-0.2, -0.15) is 4.31 Å². The second kappa shape index (κ2) is 13.6. The van der Waals surface area contributed by atoms with Crippen molar-refractivity contribution in [2.24, 2.45) is 0 Å². The van der Waals surface area contributed by atoms with Crippen molar-refractivity contribution < 1.29 is 17.9 Å². The van der Waals surface area contributed by atoms with Gasteiger partial charge in [0.15, 0.2) is 5.03 Å². The quantitative estimate of drug-likeness (QED) is 0.181. The number of nitrogens with one attached hydrogen (secondary N) is 1. The van der Waals surface area contributed by atoms with Crippen LogP contribution >= 0.6 is 0 Å². The molecule has 40 heavy (non-hydrogen) atoms. The first kappa shape index (κ1) is 28.7. The lowest BCUT2D eigenvalue weighted by Crippen LogP contribution is -2.31. The van der Waals surface area contributed by atoms with Crippen LogP contribution in [0.1, 0.15) is 30.7 Å². The average Bonchev–Trinajstić information content (AvgIpc) is 2.96. The van der Waals surface area contributed by atoms with E-state index in [2.05, 4.69) is 39.6 Å². The van der Waals surface area contributed by atoms with Gasteiger partial charge in [-0.25, -0.2) is 18.4 Å². The summed E-state index contributed by atoms with van der Waals surface area (Å²) in [5.74, 6) is 0.207. The van der Waals surface area contributed by atoms with Gasteiger partial charge in [0, 0.05) is 19.7 Å². The van der Waals surface area contributed by atoms with Crippen molar-refractivity contribution in [2.45, 2.75) is 32.0 Å². The SMILES string of the molecule is C/C=C/c1cccc(-c2ccc(CN(Cc3cccc(NCCOC(C)=O)n3)S(=O)(=O)c3ccccn3)cc2)c1. The molecule has 206 valence electrons. The smallest absolute Gasteiger partial charge is 0.302 e. The molecule has 0 atom stereocenters. The molecule has 0 fully saturated rings. The standard InChI is InChI=1S/C31H32N4O4S/c1-3-8-25-9-6-10-28(21-25)27-16-14-26(15-17-27)22-35(40(37,38)31-13-4-5-18-33-31)23-29-11-7-12-30(34-29)32-19-20-39-24(2)36/h3-18,21H,19-20,22-23H2,1-2H3,(H,32,34)/b8-3+. The Balaban J connectivity index is 1.56. The van der Waals surface area contributed by atoms with E-state index in [0.29, 0.717) is 18.1 Å². The Hall–Kier alpha value is -4.34. The van der Waals surface area contributed by atoms with Gasteiger partial charge in [0.1, 0.15) is 12.4 Å². The number of hydrogen-bond acceptors (Lipinski definition) is 7. The summed E-state index contributed by atoms with van der Waals surface area (Å²) in [7, 11) is -3.92. The largest absolute Gasteiger partial charge is 0.464 e. The molecule has 2 heterocycles. The van der Waals surface area contributed by atoms with Crippen molar-refractivity contribution in [2.75, 3.05) is 18.5 Å². The zero-order chi connectivity index (χ0) is 28.4. The first-order valence-corrected chi connectivity index (χ1v) is 14.4. The van der Waals surface area contributed by atoms with Gasteiger partial charge in [-0.15, -0.1) is 0 Å². The fourth-order valence-electron chi connectivity index (χ4n) is 4.10. The molecular formula is C31H32N4O4S. The number of allylic oxidation sites excluding steroid dienone is 1. The molecule has 1 N–H and O–H groups in total. The van der Waals surface area contributed by atoms with E-state index in [9.17, 15) is 13.2 Å². The molecule has 0 aliphatic carbocycles. The van der Waals surface area contributed by atoms with E-state index in [0.717, 1.165) is 22.3 Å².